The maximum Gasteiger partial charge on any atom is 0.265 e. The second-order valence-corrected chi connectivity index (χ2v) is 4.34. The van der Waals surface area contributed by atoms with E-state index in [1.807, 2.05) is 0 Å². The molecule has 0 aliphatic heterocycles. The molecule has 76 valence electrons. The zero-order chi connectivity index (χ0) is 10.1. The van der Waals surface area contributed by atoms with E-state index in [9.17, 15) is 4.79 Å². The third-order valence-electron chi connectivity index (χ3n) is 2.37. The molecule has 0 spiro atoms. The van der Waals surface area contributed by atoms with Crippen molar-refractivity contribution < 1.29 is 4.79 Å². The average Bonchev–Trinajstić information content (AvgIpc) is 2.48. The second-order valence-electron chi connectivity index (χ2n) is 3.59. The first-order chi connectivity index (χ1) is 6.66. The molecule has 2 rings (SSSR count). The van der Waals surface area contributed by atoms with E-state index in [0.29, 0.717) is 10.6 Å². The first-order valence-corrected chi connectivity index (χ1v) is 5.29. The van der Waals surface area contributed by atoms with Crippen LogP contribution in [0.1, 0.15) is 28.2 Å². The van der Waals surface area contributed by atoms with E-state index < -0.39 is 0 Å². The van der Waals surface area contributed by atoms with Crippen LogP contribution in [0.5, 0.6) is 0 Å². The Balaban J connectivity index is 1.93. The Bertz CT molecular complexity index is 345. The van der Waals surface area contributed by atoms with Crippen LogP contribution in [0, 0.1) is 6.92 Å². The fourth-order valence-corrected chi connectivity index (χ4v) is 2.03. The normalized spacial score (nSPS) is 25.6. The maximum atomic E-state index is 11.6. The molecule has 14 heavy (non-hydrogen) atoms. The van der Waals surface area contributed by atoms with Crippen molar-refractivity contribution in [2.24, 2.45) is 5.73 Å². The van der Waals surface area contributed by atoms with Crippen molar-refractivity contribution in [3.8, 4) is 0 Å². The summed E-state index contributed by atoms with van der Waals surface area (Å²) in [4.78, 5) is 12.2. The van der Waals surface area contributed by atoms with E-state index in [0.717, 1.165) is 24.4 Å². The molecule has 0 radical (unpaired) electrons. The number of nitrogens with two attached hydrogens (primary N) is 1. The van der Waals surface area contributed by atoms with Crippen LogP contribution in [0.4, 0.5) is 0 Å². The number of carbonyl (C=O) groups is 1. The molecule has 1 aliphatic rings. The van der Waals surface area contributed by atoms with E-state index in [1.54, 1.807) is 6.92 Å². The number of nitrogens with one attached hydrogen (secondary N) is 1. The molecule has 1 saturated carbocycles. The summed E-state index contributed by atoms with van der Waals surface area (Å²) >= 11 is 1.13. The summed E-state index contributed by atoms with van der Waals surface area (Å²) in [7, 11) is 0. The van der Waals surface area contributed by atoms with Gasteiger partial charge in [0.25, 0.3) is 5.91 Å². The van der Waals surface area contributed by atoms with Crippen LogP contribution < -0.4 is 11.1 Å². The monoisotopic (exact) mass is 212 g/mol. The lowest BCUT2D eigenvalue weighted by Crippen LogP contribution is -2.50. The Morgan fingerprint density at radius 3 is 2.86 bits per heavy atom. The Morgan fingerprint density at radius 2 is 2.36 bits per heavy atom. The highest BCUT2D eigenvalue weighted by Crippen LogP contribution is 2.18. The number of carbonyl (C=O) groups excluding carboxylic acids is 1. The van der Waals surface area contributed by atoms with Crippen LogP contribution in [0.3, 0.4) is 0 Å². The largest absolute Gasteiger partial charge is 0.348 e. The Hall–Kier alpha value is -1.01. The van der Waals surface area contributed by atoms with Gasteiger partial charge in [-0.3, -0.25) is 4.79 Å². The van der Waals surface area contributed by atoms with Gasteiger partial charge in [-0.2, -0.15) is 0 Å². The lowest BCUT2D eigenvalue weighted by molar-refractivity contribution is 0.0913. The van der Waals surface area contributed by atoms with Crippen LogP contribution >= 0.6 is 11.5 Å². The second kappa shape index (κ2) is 3.62. The Morgan fingerprint density at radius 1 is 1.64 bits per heavy atom. The number of aryl methyl sites for hydroxylation is 1. The number of aromatic nitrogens is 2. The highest BCUT2D eigenvalue weighted by Gasteiger charge is 2.28. The van der Waals surface area contributed by atoms with Gasteiger partial charge in [-0.25, -0.2) is 0 Å². The molecular formula is C8H12N4OS. The van der Waals surface area contributed by atoms with Gasteiger partial charge in [-0.15, -0.1) is 5.10 Å². The molecular weight excluding hydrogens is 200 g/mol. The lowest BCUT2D eigenvalue weighted by Gasteiger charge is -2.32. The highest BCUT2D eigenvalue weighted by molar-refractivity contribution is 7.07. The number of hydrogen-bond acceptors (Lipinski definition) is 5. The molecule has 1 aromatic heterocycles. The minimum Gasteiger partial charge on any atom is -0.348 e. The minimum atomic E-state index is -0.0746. The van der Waals surface area contributed by atoms with Gasteiger partial charge in [0.15, 0.2) is 0 Å². The quantitative estimate of drug-likeness (QED) is 0.726. The molecule has 5 nitrogen and oxygen atoms in total. The van der Waals surface area contributed by atoms with Crippen LogP contribution in [0.25, 0.3) is 0 Å². The summed E-state index contributed by atoms with van der Waals surface area (Å²) in [5.41, 5.74) is 6.31. The van der Waals surface area contributed by atoms with Crippen LogP contribution in [-0.4, -0.2) is 27.6 Å². The van der Waals surface area contributed by atoms with Crippen molar-refractivity contribution in [1.29, 1.82) is 0 Å². The molecule has 1 heterocycles. The topological polar surface area (TPSA) is 80.9 Å². The summed E-state index contributed by atoms with van der Waals surface area (Å²) < 4.78 is 3.72. The maximum absolute atomic E-state index is 11.6. The number of amides is 1. The zero-order valence-corrected chi connectivity index (χ0v) is 8.67. The van der Waals surface area contributed by atoms with Gasteiger partial charge in [0.1, 0.15) is 4.88 Å². The van der Waals surface area contributed by atoms with Crippen LogP contribution in [-0.2, 0) is 0 Å². The summed E-state index contributed by atoms with van der Waals surface area (Å²) in [6.07, 6.45) is 1.74. The van der Waals surface area contributed by atoms with Gasteiger partial charge < -0.3 is 11.1 Å². The average molecular weight is 212 g/mol. The number of nitrogens with zero attached hydrogens (tertiary/aromatic N) is 2. The molecule has 1 amide bonds. The van der Waals surface area contributed by atoms with E-state index in [-0.39, 0.29) is 18.0 Å². The van der Waals surface area contributed by atoms with E-state index in [1.165, 1.54) is 0 Å². The predicted molar refractivity (Wildman–Crippen MR) is 53.1 cm³/mol. The first kappa shape index (κ1) is 9.54. The third-order valence-corrected chi connectivity index (χ3v) is 3.19. The molecule has 0 atom stereocenters. The van der Waals surface area contributed by atoms with Crippen molar-refractivity contribution in [3.63, 3.8) is 0 Å². The van der Waals surface area contributed by atoms with Crippen molar-refractivity contribution in [2.75, 3.05) is 0 Å². The molecule has 1 aromatic rings. The highest BCUT2D eigenvalue weighted by atomic mass is 32.1. The first-order valence-electron chi connectivity index (χ1n) is 4.52. The third kappa shape index (κ3) is 1.76. The standard InChI is InChI=1S/C8H12N4OS/c1-4-7(14-12-11-4)8(13)10-6-2-5(9)3-6/h5-6H,2-3,9H2,1H3,(H,10,13). The smallest absolute Gasteiger partial charge is 0.265 e. The van der Waals surface area contributed by atoms with Gasteiger partial charge in [0.2, 0.25) is 0 Å². The van der Waals surface area contributed by atoms with Crippen molar-refractivity contribution in [1.82, 2.24) is 14.9 Å². The molecule has 1 fully saturated rings. The zero-order valence-electron chi connectivity index (χ0n) is 7.86. The Kier molecular flexibility index (Phi) is 2.47. The van der Waals surface area contributed by atoms with Gasteiger partial charge in [0, 0.05) is 12.1 Å². The molecule has 0 bridgehead atoms. The van der Waals surface area contributed by atoms with Crippen molar-refractivity contribution in [3.05, 3.63) is 10.6 Å². The summed E-state index contributed by atoms with van der Waals surface area (Å²) in [5.74, 6) is -0.0746. The van der Waals surface area contributed by atoms with Crippen LogP contribution in [0.15, 0.2) is 0 Å². The molecule has 3 N–H and O–H groups in total. The summed E-state index contributed by atoms with van der Waals surface area (Å²) in [6, 6.07) is 0.486. The van der Waals surface area contributed by atoms with Gasteiger partial charge in [-0.05, 0) is 31.3 Å². The molecule has 1 aliphatic carbocycles. The molecule has 0 aromatic carbocycles. The number of rotatable bonds is 2. The van der Waals surface area contributed by atoms with E-state index in [2.05, 4.69) is 14.9 Å². The SMILES string of the molecule is Cc1nnsc1C(=O)NC1CC(N)C1. The fourth-order valence-electron chi connectivity index (χ4n) is 1.47. The van der Waals surface area contributed by atoms with Gasteiger partial charge in [0.05, 0.1) is 5.69 Å². The summed E-state index contributed by atoms with van der Waals surface area (Å²) in [6.45, 7) is 1.78. The van der Waals surface area contributed by atoms with Crippen LogP contribution in [0.2, 0.25) is 0 Å². The van der Waals surface area contributed by atoms with E-state index >= 15 is 0 Å². The summed E-state index contributed by atoms with van der Waals surface area (Å²) in [5, 5.41) is 6.69. The van der Waals surface area contributed by atoms with Crippen molar-refractivity contribution >= 4 is 17.4 Å². The minimum absolute atomic E-state index is 0.0746. The Labute approximate surface area is 85.9 Å². The van der Waals surface area contributed by atoms with Crippen molar-refractivity contribution in [2.45, 2.75) is 31.8 Å². The molecule has 6 heteroatoms. The lowest BCUT2D eigenvalue weighted by atomic mass is 9.87. The van der Waals surface area contributed by atoms with Gasteiger partial charge in [-0.1, -0.05) is 4.49 Å². The number of hydrogen-bond donors (Lipinski definition) is 2. The van der Waals surface area contributed by atoms with Gasteiger partial charge >= 0.3 is 0 Å². The predicted octanol–water partition coefficient (Wildman–Crippen LogP) is 0.0660. The molecule has 0 saturated heterocycles. The van der Waals surface area contributed by atoms with E-state index in [4.69, 9.17) is 5.73 Å². The molecule has 0 unspecified atom stereocenters. The fraction of sp³-hybridized carbons (Fsp3) is 0.625.